The number of carbonyl (C=O) groups is 2. The number of amides is 3. The van der Waals surface area contributed by atoms with Crippen LogP contribution in [0.2, 0.25) is 0 Å². The summed E-state index contributed by atoms with van der Waals surface area (Å²) in [4.78, 5) is 33.8. The Balaban J connectivity index is 1.39. The second kappa shape index (κ2) is 8.99. The fourth-order valence-electron chi connectivity index (χ4n) is 5.31. The van der Waals surface area contributed by atoms with Gasteiger partial charge in [0.1, 0.15) is 0 Å². The van der Waals surface area contributed by atoms with Gasteiger partial charge in [0, 0.05) is 38.2 Å². The molecule has 8 nitrogen and oxygen atoms in total. The number of hydrogen-bond donors (Lipinski definition) is 1. The van der Waals surface area contributed by atoms with Gasteiger partial charge >= 0.3 is 6.03 Å². The van der Waals surface area contributed by atoms with Crippen molar-refractivity contribution in [3.63, 3.8) is 0 Å². The van der Waals surface area contributed by atoms with Gasteiger partial charge in [0.05, 0.1) is 31.4 Å². The van der Waals surface area contributed by atoms with Gasteiger partial charge in [-0.05, 0) is 44.9 Å². The van der Waals surface area contributed by atoms with Gasteiger partial charge in [-0.25, -0.2) is 4.79 Å². The minimum absolute atomic E-state index is 0.103. The maximum Gasteiger partial charge on any atom is 0.324 e. The van der Waals surface area contributed by atoms with Gasteiger partial charge < -0.3 is 19.7 Å². The van der Waals surface area contributed by atoms with Crippen LogP contribution in [-0.4, -0.2) is 71.9 Å². The van der Waals surface area contributed by atoms with E-state index in [1.165, 1.54) is 4.90 Å². The minimum atomic E-state index is -0.461. The van der Waals surface area contributed by atoms with Crippen molar-refractivity contribution in [3.05, 3.63) is 30.1 Å². The molecule has 8 heteroatoms. The fraction of sp³-hybridized carbons (Fsp3) is 0.682. The van der Waals surface area contributed by atoms with Crippen LogP contribution in [0.5, 0.6) is 0 Å². The lowest BCUT2D eigenvalue weighted by Crippen LogP contribution is -2.57. The molecule has 3 aliphatic rings. The van der Waals surface area contributed by atoms with Crippen molar-refractivity contribution in [2.75, 3.05) is 33.4 Å². The second-order valence-electron chi connectivity index (χ2n) is 8.61. The molecule has 1 N–H and O–H groups in total. The van der Waals surface area contributed by atoms with E-state index in [9.17, 15) is 9.59 Å². The fourth-order valence-corrected chi connectivity index (χ4v) is 5.31. The number of nitrogens with zero attached hydrogens (tertiary/aromatic N) is 3. The lowest BCUT2D eigenvalue weighted by atomic mass is 9.72. The van der Waals surface area contributed by atoms with Crippen LogP contribution in [0.4, 0.5) is 4.79 Å². The molecule has 2 saturated heterocycles. The van der Waals surface area contributed by atoms with Crippen molar-refractivity contribution in [2.45, 2.75) is 51.0 Å². The number of pyridine rings is 1. The number of aromatic nitrogens is 1. The number of piperidine rings is 1. The molecule has 3 atom stereocenters. The Morgan fingerprint density at radius 3 is 2.83 bits per heavy atom. The van der Waals surface area contributed by atoms with E-state index >= 15 is 0 Å². The molecule has 0 bridgehead atoms. The Hall–Kier alpha value is -2.03. The third-order valence-corrected chi connectivity index (χ3v) is 6.74. The molecule has 1 aromatic rings. The maximum absolute atomic E-state index is 13.3. The molecule has 30 heavy (non-hydrogen) atoms. The van der Waals surface area contributed by atoms with Crippen molar-refractivity contribution in [2.24, 2.45) is 11.8 Å². The zero-order valence-electron chi connectivity index (χ0n) is 17.9. The number of rotatable bonds is 4. The van der Waals surface area contributed by atoms with E-state index in [1.807, 2.05) is 25.1 Å². The molecular weight excluding hydrogens is 384 g/mol. The molecule has 4 rings (SSSR count). The second-order valence-corrected chi connectivity index (χ2v) is 8.61. The van der Waals surface area contributed by atoms with Gasteiger partial charge in [-0.3, -0.25) is 14.7 Å². The molecule has 1 aliphatic carbocycles. The van der Waals surface area contributed by atoms with Crippen LogP contribution in [-0.2, 0) is 20.8 Å². The average molecular weight is 417 g/mol. The lowest BCUT2D eigenvalue weighted by Gasteiger charge is -2.49. The van der Waals surface area contributed by atoms with Crippen LogP contribution in [0, 0.1) is 11.8 Å². The predicted octanol–water partition coefficient (Wildman–Crippen LogP) is 2.00. The summed E-state index contributed by atoms with van der Waals surface area (Å²) in [5, 5.41) is 2.83. The topological polar surface area (TPSA) is 84.0 Å². The summed E-state index contributed by atoms with van der Waals surface area (Å²) < 4.78 is 11.9. The summed E-state index contributed by atoms with van der Waals surface area (Å²) in [6.07, 6.45) is 5.21. The van der Waals surface area contributed by atoms with Gasteiger partial charge in [0.15, 0.2) is 5.79 Å². The number of hydrogen-bond acceptors (Lipinski definition) is 6. The molecule has 164 valence electrons. The molecular formula is C22H32N4O4. The highest BCUT2D eigenvalue weighted by Gasteiger charge is 2.49. The molecule has 0 aromatic carbocycles. The van der Waals surface area contributed by atoms with E-state index in [-0.39, 0.29) is 17.9 Å². The highest BCUT2D eigenvalue weighted by molar-refractivity contribution is 5.95. The van der Waals surface area contributed by atoms with Gasteiger partial charge in [0.25, 0.3) is 0 Å². The number of likely N-dealkylation sites (tertiary alicyclic amines) is 1. The average Bonchev–Trinajstić information content (AvgIpc) is 3.20. The monoisotopic (exact) mass is 416 g/mol. The molecule has 0 unspecified atom stereocenters. The quantitative estimate of drug-likeness (QED) is 0.808. The number of imide groups is 1. The number of carbonyl (C=O) groups excluding carboxylic acids is 2. The van der Waals surface area contributed by atoms with Gasteiger partial charge in [0.2, 0.25) is 5.91 Å². The summed E-state index contributed by atoms with van der Waals surface area (Å²) in [5.74, 6) is -0.431. The van der Waals surface area contributed by atoms with E-state index in [4.69, 9.17) is 9.47 Å². The lowest BCUT2D eigenvalue weighted by molar-refractivity contribution is -0.202. The first-order valence-corrected chi connectivity index (χ1v) is 11.0. The molecule has 1 saturated carbocycles. The highest BCUT2D eigenvalue weighted by atomic mass is 16.7. The first-order chi connectivity index (χ1) is 14.5. The first kappa shape index (κ1) is 21.2. The van der Waals surface area contributed by atoms with Crippen molar-refractivity contribution >= 4 is 11.9 Å². The van der Waals surface area contributed by atoms with E-state index in [1.54, 1.807) is 6.20 Å². The van der Waals surface area contributed by atoms with Gasteiger partial charge in [-0.15, -0.1) is 0 Å². The zero-order valence-corrected chi connectivity index (χ0v) is 17.9. The summed E-state index contributed by atoms with van der Waals surface area (Å²) in [6.45, 7) is 4.46. The van der Waals surface area contributed by atoms with E-state index < -0.39 is 5.79 Å². The predicted molar refractivity (Wildman–Crippen MR) is 110 cm³/mol. The molecule has 3 fully saturated rings. The van der Waals surface area contributed by atoms with Crippen molar-refractivity contribution in [1.29, 1.82) is 0 Å². The zero-order chi connectivity index (χ0) is 21.1. The van der Waals surface area contributed by atoms with Crippen LogP contribution < -0.4 is 5.32 Å². The maximum atomic E-state index is 13.3. The minimum Gasteiger partial charge on any atom is -0.348 e. The van der Waals surface area contributed by atoms with Crippen molar-refractivity contribution < 1.29 is 19.1 Å². The van der Waals surface area contributed by atoms with E-state index in [0.717, 1.165) is 31.4 Å². The summed E-state index contributed by atoms with van der Waals surface area (Å²) >= 11 is 0. The molecule has 3 amide bonds. The van der Waals surface area contributed by atoms with E-state index in [2.05, 4.69) is 22.2 Å². The largest absolute Gasteiger partial charge is 0.348 e. The van der Waals surface area contributed by atoms with Crippen LogP contribution >= 0.6 is 0 Å². The van der Waals surface area contributed by atoms with Crippen molar-refractivity contribution in [3.8, 4) is 0 Å². The SMILES string of the molecule is CCN(C(=O)NCc1ccccn1)C(=O)[C@@H]1C[C@@H]2CC3(CC[C@H]2N(C)C1)OCCO3. The molecule has 3 heterocycles. The third-order valence-electron chi connectivity index (χ3n) is 6.74. The Bertz CT molecular complexity index is 753. The number of urea groups is 1. The Morgan fingerprint density at radius 2 is 2.13 bits per heavy atom. The Kier molecular flexibility index (Phi) is 6.36. The first-order valence-electron chi connectivity index (χ1n) is 11.0. The molecule has 0 radical (unpaired) electrons. The van der Waals surface area contributed by atoms with Crippen LogP contribution in [0.15, 0.2) is 24.4 Å². The molecule has 2 aliphatic heterocycles. The molecule has 1 spiro atoms. The van der Waals surface area contributed by atoms with Crippen LogP contribution in [0.1, 0.15) is 38.3 Å². The number of nitrogens with one attached hydrogen (secondary N) is 1. The highest BCUT2D eigenvalue weighted by Crippen LogP contribution is 2.45. The summed E-state index contributed by atoms with van der Waals surface area (Å²) in [6, 6.07) is 5.64. The summed E-state index contributed by atoms with van der Waals surface area (Å²) in [5.41, 5.74) is 0.763. The number of fused-ring (bicyclic) bond motifs is 1. The standard InChI is InChI=1S/C22H32N4O4/c1-3-26(21(28)24-14-18-6-4-5-9-23-18)20(27)17-12-16-13-22(29-10-11-30-22)8-7-19(16)25(2)15-17/h4-6,9,16-17,19H,3,7-8,10-15H2,1-2H3,(H,24,28)/t16-,17-,19-/m1/s1. The molecule has 1 aromatic heterocycles. The van der Waals surface area contributed by atoms with E-state index in [0.29, 0.717) is 44.8 Å². The Morgan fingerprint density at radius 1 is 1.33 bits per heavy atom. The van der Waals surface area contributed by atoms with Crippen LogP contribution in [0.3, 0.4) is 0 Å². The normalized spacial score (nSPS) is 28.1. The van der Waals surface area contributed by atoms with Gasteiger partial charge in [-0.1, -0.05) is 6.07 Å². The van der Waals surface area contributed by atoms with Crippen molar-refractivity contribution in [1.82, 2.24) is 20.1 Å². The number of ether oxygens (including phenoxy) is 2. The van der Waals surface area contributed by atoms with Crippen LogP contribution in [0.25, 0.3) is 0 Å². The Labute approximate surface area is 177 Å². The smallest absolute Gasteiger partial charge is 0.324 e. The summed E-state index contributed by atoms with van der Waals surface area (Å²) in [7, 11) is 2.09. The van der Waals surface area contributed by atoms with Gasteiger partial charge in [-0.2, -0.15) is 0 Å². The third kappa shape index (κ3) is 4.36.